The second-order valence-corrected chi connectivity index (χ2v) is 3.55. The Balaban J connectivity index is 3.04. The van der Waals surface area contributed by atoms with E-state index in [2.05, 4.69) is 0 Å². The van der Waals surface area contributed by atoms with Crippen LogP contribution in [0.2, 0.25) is 5.02 Å². The van der Waals surface area contributed by atoms with Crippen molar-refractivity contribution in [1.82, 2.24) is 0 Å². The van der Waals surface area contributed by atoms with E-state index in [0.717, 1.165) is 0 Å². The van der Waals surface area contributed by atoms with Gasteiger partial charge in [0, 0.05) is 11.4 Å². The Morgan fingerprint density at radius 3 is 2.33 bits per heavy atom. The number of hydrogen-bond donors (Lipinski definition) is 2. The molecule has 4 nitrogen and oxygen atoms in total. The van der Waals surface area contributed by atoms with Crippen LogP contribution in [0.5, 0.6) is 0 Å². The van der Waals surface area contributed by atoms with Gasteiger partial charge in [0.25, 0.3) is 0 Å². The molecule has 1 aromatic rings. The van der Waals surface area contributed by atoms with Gasteiger partial charge in [0.1, 0.15) is 0 Å². The Morgan fingerprint density at radius 2 is 1.87 bits per heavy atom. The molecule has 1 aromatic carbocycles. The van der Waals surface area contributed by atoms with Crippen molar-refractivity contribution in [3.63, 3.8) is 0 Å². The number of halogens is 1. The largest absolute Gasteiger partial charge is 0.370 e. The maximum absolute atomic E-state index is 11.1. The summed E-state index contributed by atoms with van der Waals surface area (Å²) in [6, 6.07) is 6.74. The normalized spacial score (nSPS) is 12.1. The number of nitrogens with two attached hydrogens (primary N) is 2. The molecule has 0 saturated heterocycles. The fraction of sp³-hybridized carbons (Fsp3) is 0.200. The lowest BCUT2D eigenvalue weighted by atomic mass is 9.95. The highest BCUT2D eigenvalue weighted by atomic mass is 35.5. The maximum Gasteiger partial charge on any atom is 0.225 e. The van der Waals surface area contributed by atoms with E-state index in [1.54, 1.807) is 24.3 Å². The van der Waals surface area contributed by atoms with E-state index in [0.29, 0.717) is 10.6 Å². The lowest BCUT2D eigenvalue weighted by Gasteiger charge is -2.12. The average Bonchev–Trinajstić information content (AvgIpc) is 2.15. The lowest BCUT2D eigenvalue weighted by Crippen LogP contribution is -2.26. The number of rotatable bonds is 4. The van der Waals surface area contributed by atoms with Crippen LogP contribution in [-0.4, -0.2) is 11.8 Å². The molecule has 0 saturated carbocycles. The van der Waals surface area contributed by atoms with Gasteiger partial charge in [0.05, 0.1) is 5.92 Å². The Morgan fingerprint density at radius 1 is 1.27 bits per heavy atom. The van der Waals surface area contributed by atoms with Crippen LogP contribution >= 0.6 is 11.6 Å². The molecular weight excluding hydrogens is 216 g/mol. The van der Waals surface area contributed by atoms with E-state index >= 15 is 0 Å². The molecule has 0 fully saturated rings. The van der Waals surface area contributed by atoms with Crippen molar-refractivity contribution in [1.29, 1.82) is 0 Å². The second kappa shape index (κ2) is 4.79. The minimum Gasteiger partial charge on any atom is -0.370 e. The van der Waals surface area contributed by atoms with E-state index < -0.39 is 17.7 Å². The first-order valence-electron chi connectivity index (χ1n) is 4.34. The zero-order chi connectivity index (χ0) is 11.4. The van der Waals surface area contributed by atoms with Crippen LogP contribution in [0.15, 0.2) is 24.3 Å². The van der Waals surface area contributed by atoms with E-state index in [4.69, 9.17) is 23.1 Å². The molecule has 1 atom stereocenters. The van der Waals surface area contributed by atoms with Gasteiger partial charge < -0.3 is 11.5 Å². The summed E-state index contributed by atoms with van der Waals surface area (Å²) in [6.07, 6.45) is -0.126. The van der Waals surface area contributed by atoms with Crippen LogP contribution in [0.4, 0.5) is 0 Å². The smallest absolute Gasteiger partial charge is 0.225 e. The van der Waals surface area contributed by atoms with Crippen LogP contribution in [0.3, 0.4) is 0 Å². The van der Waals surface area contributed by atoms with Crippen molar-refractivity contribution in [2.45, 2.75) is 12.3 Å². The minimum atomic E-state index is -0.754. The first-order chi connectivity index (χ1) is 7.02. The Kier molecular flexibility index (Phi) is 3.68. The highest BCUT2D eigenvalue weighted by molar-refractivity contribution is 6.31. The molecule has 0 bridgehead atoms. The third-order valence-corrected chi connectivity index (χ3v) is 2.37. The Labute approximate surface area is 92.2 Å². The molecule has 0 aliphatic rings. The highest BCUT2D eigenvalue weighted by Crippen LogP contribution is 2.26. The molecule has 0 heterocycles. The molecule has 0 spiro atoms. The van der Waals surface area contributed by atoms with Crippen molar-refractivity contribution in [3.05, 3.63) is 34.9 Å². The van der Waals surface area contributed by atoms with Crippen molar-refractivity contribution in [2.24, 2.45) is 11.5 Å². The third kappa shape index (κ3) is 2.95. The van der Waals surface area contributed by atoms with Crippen LogP contribution in [-0.2, 0) is 9.59 Å². The summed E-state index contributed by atoms with van der Waals surface area (Å²) in [5.41, 5.74) is 10.7. The van der Waals surface area contributed by atoms with Gasteiger partial charge in [0.15, 0.2) is 0 Å². The number of hydrogen-bond acceptors (Lipinski definition) is 2. The summed E-state index contributed by atoms with van der Waals surface area (Å²) in [4.78, 5) is 21.9. The standard InChI is InChI=1S/C10H11ClN2O2/c11-8-4-2-1-3-6(8)7(10(13)15)5-9(12)14/h1-4,7H,5H2,(H2,12,14)(H2,13,15). The zero-order valence-electron chi connectivity index (χ0n) is 7.94. The monoisotopic (exact) mass is 226 g/mol. The Bertz CT molecular complexity index is 393. The molecule has 1 unspecified atom stereocenters. The first-order valence-corrected chi connectivity index (χ1v) is 4.72. The Hall–Kier alpha value is -1.55. The first kappa shape index (κ1) is 11.5. The molecule has 5 heteroatoms. The predicted octanol–water partition coefficient (Wildman–Crippen LogP) is 0.784. The van der Waals surface area contributed by atoms with Gasteiger partial charge in [-0.05, 0) is 11.6 Å². The third-order valence-electron chi connectivity index (χ3n) is 2.03. The van der Waals surface area contributed by atoms with E-state index in [-0.39, 0.29) is 6.42 Å². The lowest BCUT2D eigenvalue weighted by molar-refractivity contribution is -0.124. The van der Waals surface area contributed by atoms with E-state index in [1.165, 1.54) is 0 Å². The van der Waals surface area contributed by atoms with Crippen molar-refractivity contribution >= 4 is 23.4 Å². The fourth-order valence-electron chi connectivity index (χ4n) is 1.32. The second-order valence-electron chi connectivity index (χ2n) is 3.15. The summed E-state index contributed by atoms with van der Waals surface area (Å²) >= 11 is 5.89. The van der Waals surface area contributed by atoms with E-state index in [9.17, 15) is 9.59 Å². The molecule has 15 heavy (non-hydrogen) atoms. The average molecular weight is 227 g/mol. The topological polar surface area (TPSA) is 86.2 Å². The molecule has 4 N–H and O–H groups in total. The molecule has 80 valence electrons. The van der Waals surface area contributed by atoms with Crippen LogP contribution in [0.25, 0.3) is 0 Å². The fourth-order valence-corrected chi connectivity index (χ4v) is 1.59. The van der Waals surface area contributed by atoms with Gasteiger partial charge in [-0.2, -0.15) is 0 Å². The molecule has 0 aliphatic carbocycles. The molecule has 1 rings (SSSR count). The summed E-state index contributed by atoms with van der Waals surface area (Å²) in [5, 5.41) is 0.405. The van der Waals surface area contributed by atoms with Gasteiger partial charge >= 0.3 is 0 Å². The quantitative estimate of drug-likeness (QED) is 0.795. The summed E-state index contributed by atoms with van der Waals surface area (Å²) in [5.74, 6) is -1.95. The van der Waals surface area contributed by atoms with E-state index in [1.807, 2.05) is 0 Å². The van der Waals surface area contributed by atoms with Crippen LogP contribution < -0.4 is 11.5 Å². The van der Waals surface area contributed by atoms with Gasteiger partial charge in [-0.1, -0.05) is 29.8 Å². The maximum atomic E-state index is 11.1. The van der Waals surface area contributed by atoms with Crippen molar-refractivity contribution in [2.75, 3.05) is 0 Å². The molecule has 2 amide bonds. The van der Waals surface area contributed by atoms with Crippen LogP contribution in [0.1, 0.15) is 17.9 Å². The number of carbonyl (C=O) groups is 2. The van der Waals surface area contributed by atoms with Gasteiger partial charge in [0.2, 0.25) is 11.8 Å². The summed E-state index contributed by atoms with van der Waals surface area (Å²) in [7, 11) is 0. The summed E-state index contributed by atoms with van der Waals surface area (Å²) < 4.78 is 0. The predicted molar refractivity (Wildman–Crippen MR) is 57.2 cm³/mol. The molecule has 0 aromatic heterocycles. The minimum absolute atomic E-state index is 0.126. The van der Waals surface area contributed by atoms with Gasteiger partial charge in [-0.3, -0.25) is 9.59 Å². The van der Waals surface area contributed by atoms with Crippen molar-refractivity contribution < 1.29 is 9.59 Å². The molecular formula is C10H11ClN2O2. The SMILES string of the molecule is NC(=O)CC(C(N)=O)c1ccccc1Cl. The van der Waals surface area contributed by atoms with Crippen LogP contribution in [0, 0.1) is 0 Å². The zero-order valence-corrected chi connectivity index (χ0v) is 8.70. The number of benzene rings is 1. The van der Waals surface area contributed by atoms with Gasteiger partial charge in [-0.15, -0.1) is 0 Å². The number of amides is 2. The number of carbonyl (C=O) groups excluding carboxylic acids is 2. The highest BCUT2D eigenvalue weighted by Gasteiger charge is 2.22. The summed E-state index contributed by atoms with van der Waals surface area (Å²) in [6.45, 7) is 0. The molecule has 0 aliphatic heterocycles. The van der Waals surface area contributed by atoms with Crippen molar-refractivity contribution in [3.8, 4) is 0 Å². The van der Waals surface area contributed by atoms with Gasteiger partial charge in [-0.25, -0.2) is 0 Å². The number of primary amides is 2. The molecule has 0 radical (unpaired) electrons.